The highest BCUT2D eigenvalue weighted by Crippen LogP contribution is 2.56. The van der Waals surface area contributed by atoms with Gasteiger partial charge in [0.25, 0.3) is 0 Å². The Morgan fingerprint density at radius 1 is 0.518 bits per heavy atom. The number of nitrogens with one attached hydrogen (secondary N) is 1. The molecule has 56 heavy (non-hydrogen) atoms. The predicted molar refractivity (Wildman–Crippen MR) is 231 cm³/mol. The molecule has 2 unspecified atom stereocenters. The molecule has 2 aliphatic heterocycles. The smallest absolute Gasteiger partial charge is 0.147 e. The molecule has 0 radical (unpaired) electrons. The molecule has 10 rings (SSSR count). The number of hydrogen-bond acceptors (Lipinski definition) is 3. The van der Waals surface area contributed by atoms with E-state index >= 15 is 0 Å². The van der Waals surface area contributed by atoms with Gasteiger partial charge >= 0.3 is 0 Å². The zero-order valence-electron chi connectivity index (χ0n) is 31.3. The van der Waals surface area contributed by atoms with Crippen LogP contribution in [0.2, 0.25) is 0 Å². The molecule has 0 amide bonds. The van der Waals surface area contributed by atoms with Gasteiger partial charge in [-0.3, -0.25) is 4.99 Å². The lowest BCUT2D eigenvalue weighted by molar-refractivity contribution is 0.364. The van der Waals surface area contributed by atoms with E-state index in [0.29, 0.717) is 0 Å². The average Bonchev–Trinajstić information content (AvgIpc) is 3.58. The molecule has 7 aromatic rings. The fourth-order valence-electron chi connectivity index (χ4n) is 8.99. The minimum atomic E-state index is -0.481. The lowest BCUT2D eigenvalue weighted by Gasteiger charge is -2.36. The molecule has 7 aromatic carbocycles. The van der Waals surface area contributed by atoms with Crippen LogP contribution in [0.5, 0.6) is 0 Å². The summed E-state index contributed by atoms with van der Waals surface area (Å²) in [6, 6.07) is 66.6. The van der Waals surface area contributed by atoms with Gasteiger partial charge in [-0.2, -0.15) is 0 Å². The Morgan fingerprint density at radius 2 is 1.16 bits per heavy atom. The van der Waals surface area contributed by atoms with E-state index in [4.69, 9.17) is 4.99 Å². The van der Waals surface area contributed by atoms with Gasteiger partial charge in [0.05, 0.1) is 17.2 Å². The molecule has 0 aromatic heterocycles. The third kappa shape index (κ3) is 5.63. The second-order valence-corrected chi connectivity index (χ2v) is 14.8. The van der Waals surface area contributed by atoms with Crippen LogP contribution in [0.15, 0.2) is 217 Å². The number of aliphatic imine (C=N–C) groups is 1. The predicted octanol–water partition coefficient (Wildman–Crippen LogP) is 11.9. The van der Waals surface area contributed by atoms with Crippen LogP contribution in [0.1, 0.15) is 56.7 Å². The lowest BCUT2D eigenvalue weighted by atomic mass is 9.67. The van der Waals surface area contributed by atoms with Crippen molar-refractivity contribution in [3.05, 3.63) is 257 Å². The minimum Gasteiger partial charge on any atom is -0.381 e. The lowest BCUT2D eigenvalue weighted by Crippen LogP contribution is -2.29. The van der Waals surface area contributed by atoms with Crippen molar-refractivity contribution < 1.29 is 0 Å². The number of hydrogen-bond donors (Lipinski definition) is 1. The van der Waals surface area contributed by atoms with Gasteiger partial charge in [-0.15, -0.1) is 0 Å². The van der Waals surface area contributed by atoms with Gasteiger partial charge in [-0.25, -0.2) is 0 Å². The molecule has 268 valence electrons. The largest absolute Gasteiger partial charge is 0.381 e. The summed E-state index contributed by atoms with van der Waals surface area (Å²) < 4.78 is 0. The summed E-state index contributed by atoms with van der Waals surface area (Å²) in [5.41, 5.74) is 16.3. The Labute approximate surface area is 329 Å². The van der Waals surface area contributed by atoms with Crippen molar-refractivity contribution in [1.29, 1.82) is 0 Å². The van der Waals surface area contributed by atoms with Gasteiger partial charge < -0.3 is 10.2 Å². The molecule has 0 bridgehead atoms. The van der Waals surface area contributed by atoms with E-state index in [1.807, 2.05) is 12.3 Å². The van der Waals surface area contributed by atoms with Crippen LogP contribution in [0, 0.1) is 0 Å². The number of benzene rings is 7. The molecular formula is C53H41N3. The summed E-state index contributed by atoms with van der Waals surface area (Å²) in [6.07, 6.45) is 10.4. The quantitative estimate of drug-likeness (QED) is 0.178. The zero-order valence-corrected chi connectivity index (χ0v) is 31.3. The van der Waals surface area contributed by atoms with Crippen LogP contribution in [-0.2, 0) is 5.41 Å². The van der Waals surface area contributed by atoms with E-state index in [1.54, 1.807) is 0 Å². The van der Waals surface area contributed by atoms with E-state index in [-0.39, 0.29) is 12.2 Å². The van der Waals surface area contributed by atoms with Crippen molar-refractivity contribution in [2.24, 2.45) is 4.99 Å². The van der Waals surface area contributed by atoms with Crippen LogP contribution in [0.4, 0.5) is 0 Å². The van der Waals surface area contributed by atoms with Crippen LogP contribution >= 0.6 is 0 Å². The van der Waals surface area contributed by atoms with Gasteiger partial charge in [0.15, 0.2) is 0 Å². The standard InChI is InChI=1S/C53H41N3/c1-56-51(41-31-32-46-45-24-11-12-25-47(45)53(48(46)35-41,43-20-7-3-8-21-43)44-22-9-4-10-23-44)36-50(39-29-27-38(28-30-39)49-26-13-14-33-54-49)55-52(56)42-19-15-18-40(34-42)37-16-5-2-6-17-37/h2-36,49,52,54H,1H3. The van der Waals surface area contributed by atoms with Gasteiger partial charge in [0, 0.05) is 12.7 Å². The maximum Gasteiger partial charge on any atom is 0.147 e. The second-order valence-electron chi connectivity index (χ2n) is 14.8. The summed E-state index contributed by atoms with van der Waals surface area (Å²) in [7, 11) is 2.19. The molecule has 3 nitrogen and oxygen atoms in total. The van der Waals surface area contributed by atoms with E-state index in [1.165, 1.54) is 50.1 Å². The Morgan fingerprint density at radius 3 is 1.88 bits per heavy atom. The van der Waals surface area contributed by atoms with Crippen LogP contribution in [0.3, 0.4) is 0 Å². The molecular weight excluding hydrogens is 679 g/mol. The van der Waals surface area contributed by atoms with E-state index < -0.39 is 5.41 Å². The van der Waals surface area contributed by atoms with E-state index in [0.717, 1.165) is 28.1 Å². The maximum absolute atomic E-state index is 5.51. The number of allylic oxidation sites excluding steroid dienone is 3. The van der Waals surface area contributed by atoms with Crippen molar-refractivity contribution in [2.45, 2.75) is 17.6 Å². The molecule has 3 heteroatoms. The van der Waals surface area contributed by atoms with Crippen molar-refractivity contribution in [3.63, 3.8) is 0 Å². The summed E-state index contributed by atoms with van der Waals surface area (Å²) in [5.74, 6) is 0. The highest BCUT2D eigenvalue weighted by Gasteiger charge is 2.46. The maximum atomic E-state index is 5.51. The fourth-order valence-corrected chi connectivity index (χ4v) is 8.99. The molecule has 2 atom stereocenters. The Kier molecular flexibility index (Phi) is 8.41. The van der Waals surface area contributed by atoms with Crippen LogP contribution in [0.25, 0.3) is 28.0 Å². The number of fused-ring (bicyclic) bond motifs is 3. The number of nitrogens with zero attached hydrogens (tertiary/aromatic N) is 2. The minimum absolute atomic E-state index is 0.151. The van der Waals surface area contributed by atoms with E-state index in [2.05, 4.69) is 217 Å². The Hall–Kier alpha value is -6.97. The summed E-state index contributed by atoms with van der Waals surface area (Å²) >= 11 is 0. The van der Waals surface area contributed by atoms with Gasteiger partial charge in [0.1, 0.15) is 6.17 Å². The third-order valence-electron chi connectivity index (χ3n) is 11.7. The van der Waals surface area contributed by atoms with Crippen molar-refractivity contribution in [2.75, 3.05) is 7.05 Å². The summed E-state index contributed by atoms with van der Waals surface area (Å²) in [6.45, 7) is 0. The first-order valence-corrected chi connectivity index (χ1v) is 19.4. The van der Waals surface area contributed by atoms with Crippen LogP contribution in [-0.4, -0.2) is 17.7 Å². The summed E-state index contributed by atoms with van der Waals surface area (Å²) in [5, 5.41) is 3.46. The Balaban J connectivity index is 1.14. The highest BCUT2D eigenvalue weighted by molar-refractivity contribution is 6.13. The molecule has 0 saturated carbocycles. The Bertz CT molecular complexity index is 2630. The number of rotatable bonds is 7. The molecule has 3 aliphatic rings. The zero-order chi connectivity index (χ0) is 37.5. The fraction of sp³-hybridized carbons (Fsp3) is 0.0755. The van der Waals surface area contributed by atoms with Crippen LogP contribution < -0.4 is 5.32 Å². The van der Waals surface area contributed by atoms with Gasteiger partial charge in [0.2, 0.25) is 0 Å². The molecule has 1 N–H and O–H groups in total. The van der Waals surface area contributed by atoms with Crippen molar-refractivity contribution in [3.8, 4) is 22.3 Å². The van der Waals surface area contributed by atoms with Crippen molar-refractivity contribution in [1.82, 2.24) is 10.2 Å². The first-order chi connectivity index (χ1) is 27.7. The molecule has 1 aliphatic carbocycles. The first-order valence-electron chi connectivity index (χ1n) is 19.4. The van der Waals surface area contributed by atoms with E-state index in [9.17, 15) is 0 Å². The molecule has 2 heterocycles. The second kappa shape index (κ2) is 14.0. The summed E-state index contributed by atoms with van der Waals surface area (Å²) in [4.78, 5) is 7.86. The number of dihydropyridines is 1. The molecule has 0 saturated heterocycles. The van der Waals surface area contributed by atoms with Gasteiger partial charge in [-0.1, -0.05) is 182 Å². The normalized spacial score (nSPS) is 17.7. The highest BCUT2D eigenvalue weighted by atomic mass is 15.2. The molecule has 0 fully saturated rings. The monoisotopic (exact) mass is 719 g/mol. The SMILES string of the molecule is CN1C(c2ccc3c(c2)C(c2ccccc2)(c2ccccc2)c2ccccc2-3)=CC(c2ccc(C3C=CC=CN3)cc2)=NC1c1cccc(-c2ccccc2)c1. The topological polar surface area (TPSA) is 27.6 Å². The van der Waals surface area contributed by atoms with Gasteiger partial charge in [-0.05, 0) is 97.2 Å². The third-order valence-corrected chi connectivity index (χ3v) is 11.7. The van der Waals surface area contributed by atoms with Crippen molar-refractivity contribution >= 4 is 11.4 Å². The molecule has 0 spiro atoms. The first kappa shape index (κ1) is 33.6. The average molecular weight is 720 g/mol.